The smallest absolute Gasteiger partial charge is 0.125 e. The van der Waals surface area contributed by atoms with Gasteiger partial charge in [-0.1, -0.05) is 6.07 Å². The summed E-state index contributed by atoms with van der Waals surface area (Å²) in [5.41, 5.74) is 2.27. The van der Waals surface area contributed by atoms with Gasteiger partial charge in [-0.2, -0.15) is 5.10 Å². The molecule has 4 N–H and O–H groups in total. The molecule has 0 bridgehead atoms. The van der Waals surface area contributed by atoms with Crippen LogP contribution in [-0.4, -0.2) is 33.8 Å². The normalized spacial score (nSPS) is 19.5. The number of benzene rings is 1. The van der Waals surface area contributed by atoms with Gasteiger partial charge in [0.05, 0.1) is 16.1 Å². The molecule has 0 amide bonds. The van der Waals surface area contributed by atoms with Crippen LogP contribution >= 0.6 is 23.3 Å². The van der Waals surface area contributed by atoms with Crippen molar-refractivity contribution in [3.63, 3.8) is 0 Å². The number of hydrogen-bond donors (Lipinski definition) is 4. The Labute approximate surface area is 193 Å². The summed E-state index contributed by atoms with van der Waals surface area (Å²) in [4.78, 5) is 7.26. The third kappa shape index (κ3) is 5.88. The second kappa shape index (κ2) is 9.73. The maximum atomic E-state index is 4.84. The molecule has 0 atom stereocenters. The first-order valence-corrected chi connectivity index (χ1v) is 12.5. The number of hydrogen-bond acceptors (Lipinski definition) is 7. The van der Waals surface area contributed by atoms with Crippen molar-refractivity contribution in [1.29, 1.82) is 0 Å². The van der Waals surface area contributed by atoms with E-state index in [-0.39, 0.29) is 5.54 Å². The number of H-pyrrole nitrogens is 1. The second-order valence-electron chi connectivity index (χ2n) is 9.16. The van der Waals surface area contributed by atoms with Crippen molar-refractivity contribution < 1.29 is 0 Å². The lowest BCUT2D eigenvalue weighted by atomic mass is 9.86. The van der Waals surface area contributed by atoms with Gasteiger partial charge >= 0.3 is 0 Å². The van der Waals surface area contributed by atoms with Crippen molar-refractivity contribution >= 4 is 34.8 Å². The third-order valence-electron chi connectivity index (χ3n) is 5.50. The molecule has 1 aliphatic rings. The minimum atomic E-state index is 0.0134. The highest BCUT2D eigenvalue weighted by atomic mass is 32.2. The zero-order chi connectivity index (χ0) is 21.8. The summed E-state index contributed by atoms with van der Waals surface area (Å²) in [6.07, 6.45) is 8.72. The zero-order valence-corrected chi connectivity index (χ0v) is 20.3. The molecule has 1 aliphatic carbocycles. The van der Waals surface area contributed by atoms with Crippen LogP contribution < -0.4 is 15.4 Å². The molecule has 31 heavy (non-hydrogen) atoms. The van der Waals surface area contributed by atoms with Crippen molar-refractivity contribution in [3.05, 3.63) is 41.7 Å². The Balaban J connectivity index is 1.57. The zero-order valence-electron chi connectivity index (χ0n) is 18.7. The minimum Gasteiger partial charge on any atom is -0.341 e. The SMILES string of the molecule is CNC1CCC(c2ncc(-c3ccc(Nc4ccn[nH]4)cc3SNC(C)(C)C)s2)CC1. The molecule has 1 saturated carbocycles. The molecular formula is C23H32N6S2. The van der Waals surface area contributed by atoms with Crippen LogP contribution in [0, 0.1) is 0 Å². The number of aromatic nitrogens is 3. The molecule has 1 fully saturated rings. The van der Waals surface area contributed by atoms with Crippen molar-refractivity contribution in [2.24, 2.45) is 0 Å². The molecule has 1 aromatic carbocycles. The first-order valence-electron chi connectivity index (χ1n) is 10.9. The molecule has 8 heteroatoms. The fourth-order valence-electron chi connectivity index (χ4n) is 3.81. The molecule has 2 aromatic heterocycles. The molecule has 0 spiro atoms. The first-order chi connectivity index (χ1) is 14.9. The summed E-state index contributed by atoms with van der Waals surface area (Å²) in [6.45, 7) is 6.54. The molecule has 4 rings (SSSR count). The predicted octanol–water partition coefficient (Wildman–Crippen LogP) is 5.92. The molecule has 2 heterocycles. The van der Waals surface area contributed by atoms with E-state index in [4.69, 9.17) is 4.98 Å². The van der Waals surface area contributed by atoms with E-state index in [1.165, 1.54) is 46.0 Å². The molecule has 6 nitrogen and oxygen atoms in total. The van der Waals surface area contributed by atoms with Crippen molar-refractivity contribution in [2.75, 3.05) is 12.4 Å². The van der Waals surface area contributed by atoms with E-state index in [0.29, 0.717) is 12.0 Å². The van der Waals surface area contributed by atoms with E-state index < -0.39 is 0 Å². The van der Waals surface area contributed by atoms with Crippen LogP contribution in [0.2, 0.25) is 0 Å². The Hall–Kier alpha value is -1.87. The van der Waals surface area contributed by atoms with Crippen molar-refractivity contribution in [3.8, 4) is 10.4 Å². The average molecular weight is 457 g/mol. The number of nitrogens with zero attached hydrogens (tertiary/aromatic N) is 2. The van der Waals surface area contributed by atoms with Gasteiger partial charge in [0, 0.05) is 45.9 Å². The highest BCUT2D eigenvalue weighted by molar-refractivity contribution is 7.97. The van der Waals surface area contributed by atoms with Gasteiger partial charge in [-0.3, -0.25) is 9.82 Å². The van der Waals surface area contributed by atoms with Gasteiger partial charge in [-0.15, -0.1) is 11.3 Å². The Morgan fingerprint density at radius 2 is 1.94 bits per heavy atom. The van der Waals surface area contributed by atoms with Crippen LogP contribution in [0.15, 0.2) is 41.6 Å². The topological polar surface area (TPSA) is 77.7 Å². The van der Waals surface area contributed by atoms with E-state index in [1.54, 1.807) is 18.1 Å². The summed E-state index contributed by atoms with van der Waals surface area (Å²) >= 11 is 3.53. The maximum Gasteiger partial charge on any atom is 0.125 e. The number of aromatic amines is 1. The fourth-order valence-corrected chi connectivity index (χ4v) is 5.89. The molecular weight excluding hydrogens is 424 g/mol. The van der Waals surface area contributed by atoms with Gasteiger partial charge in [0.15, 0.2) is 0 Å². The number of thiazole rings is 1. The maximum absolute atomic E-state index is 4.84. The number of nitrogens with one attached hydrogen (secondary N) is 4. The molecule has 0 radical (unpaired) electrons. The second-order valence-corrected chi connectivity index (χ2v) is 11.1. The van der Waals surface area contributed by atoms with Crippen LogP contribution in [0.4, 0.5) is 11.5 Å². The lowest BCUT2D eigenvalue weighted by Crippen LogP contribution is -2.29. The first kappa shape index (κ1) is 22.3. The Bertz CT molecular complexity index is 968. The summed E-state index contributed by atoms with van der Waals surface area (Å²) in [5.74, 6) is 1.47. The molecule has 3 aromatic rings. The van der Waals surface area contributed by atoms with E-state index >= 15 is 0 Å². The molecule has 0 saturated heterocycles. The number of anilines is 2. The monoisotopic (exact) mass is 456 g/mol. The van der Waals surface area contributed by atoms with E-state index in [2.05, 4.69) is 77.8 Å². The van der Waals surface area contributed by atoms with Gasteiger partial charge in [0.25, 0.3) is 0 Å². The van der Waals surface area contributed by atoms with Crippen LogP contribution in [0.3, 0.4) is 0 Å². The number of rotatable bonds is 7. The Kier molecular flexibility index (Phi) is 7.01. The van der Waals surface area contributed by atoms with Crippen molar-refractivity contribution in [2.45, 2.75) is 68.8 Å². The Morgan fingerprint density at radius 3 is 2.61 bits per heavy atom. The summed E-state index contributed by atoms with van der Waals surface area (Å²) < 4.78 is 3.56. The van der Waals surface area contributed by atoms with Crippen LogP contribution in [-0.2, 0) is 0 Å². The Morgan fingerprint density at radius 1 is 1.13 bits per heavy atom. The lowest BCUT2D eigenvalue weighted by molar-refractivity contribution is 0.358. The van der Waals surface area contributed by atoms with Crippen LogP contribution in [0.5, 0.6) is 0 Å². The third-order valence-corrected chi connectivity index (χ3v) is 7.97. The predicted molar refractivity (Wildman–Crippen MR) is 132 cm³/mol. The fraction of sp³-hybridized carbons (Fsp3) is 0.478. The molecule has 0 aliphatic heterocycles. The van der Waals surface area contributed by atoms with Gasteiger partial charge < -0.3 is 10.6 Å². The van der Waals surface area contributed by atoms with Gasteiger partial charge in [0.2, 0.25) is 0 Å². The highest BCUT2D eigenvalue weighted by Gasteiger charge is 2.24. The summed E-state index contributed by atoms with van der Waals surface area (Å²) in [5, 5.41) is 15.1. The van der Waals surface area contributed by atoms with E-state index in [0.717, 1.165) is 11.5 Å². The quantitative estimate of drug-likeness (QED) is 0.331. The summed E-state index contributed by atoms with van der Waals surface area (Å²) in [6, 6.07) is 9.09. The summed E-state index contributed by atoms with van der Waals surface area (Å²) in [7, 11) is 2.07. The van der Waals surface area contributed by atoms with Gasteiger partial charge in [-0.25, -0.2) is 4.98 Å². The lowest BCUT2D eigenvalue weighted by Gasteiger charge is -2.26. The molecule has 0 unspecified atom stereocenters. The minimum absolute atomic E-state index is 0.0134. The highest BCUT2D eigenvalue weighted by Crippen LogP contribution is 2.41. The van der Waals surface area contributed by atoms with Gasteiger partial charge in [-0.05, 0) is 77.6 Å². The average Bonchev–Trinajstić information content (AvgIpc) is 3.44. The standard InChI is InChI=1S/C23H32N6S2/c1-23(2,3)29-31-19-13-17(27-21-11-12-26-28-21)9-10-18(19)20-14-25-22(30-20)15-5-7-16(24-4)8-6-15/h9-16,24,29H,5-8H2,1-4H3,(H2,26,27,28). The van der Waals surface area contributed by atoms with E-state index in [1.807, 2.05) is 17.4 Å². The van der Waals surface area contributed by atoms with Crippen LogP contribution in [0.1, 0.15) is 57.4 Å². The van der Waals surface area contributed by atoms with Crippen LogP contribution in [0.25, 0.3) is 10.4 Å². The van der Waals surface area contributed by atoms with Crippen molar-refractivity contribution in [1.82, 2.24) is 25.2 Å². The van der Waals surface area contributed by atoms with Gasteiger partial charge in [0.1, 0.15) is 5.82 Å². The largest absolute Gasteiger partial charge is 0.341 e. The molecule has 166 valence electrons. The van der Waals surface area contributed by atoms with E-state index in [9.17, 15) is 0 Å².